The number of ether oxygens (including phenoxy) is 1. The van der Waals surface area contributed by atoms with E-state index in [-0.39, 0.29) is 24.5 Å². The highest BCUT2D eigenvalue weighted by molar-refractivity contribution is 7.89. The first-order valence-corrected chi connectivity index (χ1v) is 12.4. The van der Waals surface area contributed by atoms with Gasteiger partial charge < -0.3 is 4.74 Å². The molecule has 0 saturated carbocycles. The van der Waals surface area contributed by atoms with Gasteiger partial charge in [-0.3, -0.25) is 4.79 Å². The van der Waals surface area contributed by atoms with Crippen molar-refractivity contribution in [2.24, 2.45) is 0 Å². The molecule has 3 aromatic carbocycles. The quantitative estimate of drug-likeness (QED) is 0.410. The summed E-state index contributed by atoms with van der Waals surface area (Å²) in [5, 5.41) is 0.842. The van der Waals surface area contributed by atoms with E-state index in [0.717, 1.165) is 23.3 Å². The van der Waals surface area contributed by atoms with Crippen LogP contribution in [0.5, 0.6) is 0 Å². The van der Waals surface area contributed by atoms with Crippen LogP contribution in [-0.2, 0) is 32.6 Å². The number of halogens is 3. The lowest BCUT2D eigenvalue weighted by Crippen LogP contribution is -2.41. The Balaban J connectivity index is 1.59. The normalized spacial score (nSPS) is 16.3. The van der Waals surface area contributed by atoms with Crippen LogP contribution in [0.1, 0.15) is 29.2 Å². The van der Waals surface area contributed by atoms with Crippen molar-refractivity contribution >= 4 is 39.2 Å². The maximum atomic E-state index is 13.4. The highest BCUT2D eigenvalue weighted by Crippen LogP contribution is 2.36. The Morgan fingerprint density at radius 1 is 1.06 bits per heavy atom. The summed E-state index contributed by atoms with van der Waals surface area (Å²) in [5.74, 6) is -1.10. The summed E-state index contributed by atoms with van der Waals surface area (Å²) in [5.41, 5.74) is 2.31. The Hall–Kier alpha value is -2.45. The van der Waals surface area contributed by atoms with Crippen molar-refractivity contribution in [1.82, 2.24) is 4.31 Å². The summed E-state index contributed by atoms with van der Waals surface area (Å²) >= 11 is 12.0. The van der Waals surface area contributed by atoms with Crippen molar-refractivity contribution in [3.63, 3.8) is 0 Å². The van der Waals surface area contributed by atoms with E-state index in [0.29, 0.717) is 22.0 Å². The Kier molecular flexibility index (Phi) is 7.05. The number of esters is 1. The third-order valence-corrected chi connectivity index (χ3v) is 8.06. The first kappa shape index (κ1) is 23.7. The molecule has 5 nitrogen and oxygen atoms in total. The third-order valence-electron chi connectivity index (χ3n) is 5.55. The van der Waals surface area contributed by atoms with E-state index < -0.39 is 27.9 Å². The molecule has 1 unspecified atom stereocenters. The van der Waals surface area contributed by atoms with E-state index >= 15 is 0 Å². The van der Waals surface area contributed by atoms with Crippen molar-refractivity contribution in [2.45, 2.75) is 30.4 Å². The molecule has 9 heteroatoms. The number of carbonyl (C=O) groups is 1. The van der Waals surface area contributed by atoms with E-state index in [1.807, 2.05) is 18.2 Å². The molecule has 0 fully saturated rings. The van der Waals surface area contributed by atoms with Gasteiger partial charge in [-0.2, -0.15) is 4.31 Å². The Morgan fingerprint density at radius 3 is 2.52 bits per heavy atom. The van der Waals surface area contributed by atoms with Crippen molar-refractivity contribution < 1.29 is 22.3 Å². The number of carbonyl (C=O) groups excluding carboxylic acids is 1. The molecular formula is C24H20Cl2FNO4S. The number of hydrogen-bond acceptors (Lipinski definition) is 4. The number of sulfonamides is 1. The largest absolute Gasteiger partial charge is 0.461 e. The molecule has 1 atom stereocenters. The van der Waals surface area contributed by atoms with Gasteiger partial charge in [-0.25, -0.2) is 12.8 Å². The van der Waals surface area contributed by atoms with Gasteiger partial charge in [0.15, 0.2) is 0 Å². The summed E-state index contributed by atoms with van der Waals surface area (Å²) in [4.78, 5) is 12.7. The predicted molar refractivity (Wildman–Crippen MR) is 124 cm³/mol. The summed E-state index contributed by atoms with van der Waals surface area (Å²) < 4.78 is 46.8. The zero-order chi connectivity index (χ0) is 23.6. The molecule has 0 aliphatic carbocycles. The number of rotatable bonds is 6. The van der Waals surface area contributed by atoms with Gasteiger partial charge in [0.25, 0.3) is 0 Å². The molecule has 1 aliphatic heterocycles. The van der Waals surface area contributed by atoms with Crippen molar-refractivity contribution in [3.05, 3.63) is 99.3 Å². The van der Waals surface area contributed by atoms with E-state index in [1.54, 1.807) is 24.3 Å². The van der Waals surface area contributed by atoms with E-state index in [4.69, 9.17) is 27.9 Å². The first-order valence-electron chi connectivity index (χ1n) is 10.2. The number of benzene rings is 3. The molecule has 0 radical (unpaired) electrons. The smallest absolute Gasteiger partial charge is 0.308 e. The van der Waals surface area contributed by atoms with Gasteiger partial charge in [0.2, 0.25) is 10.0 Å². The Labute approximate surface area is 201 Å². The second-order valence-corrected chi connectivity index (χ2v) is 10.4. The molecule has 1 aliphatic rings. The summed E-state index contributed by atoms with van der Waals surface area (Å²) in [7, 11) is -3.97. The standard InChI is InChI=1S/C24H20Cl2FNO4S/c25-18-6-5-17(22(26)13-18)15-32-24(29)14-23-21-4-2-1-3-16(21)11-12-28(23)33(30,31)20-9-7-19(27)8-10-20/h1-10,13,23H,11-12,14-15H2. The average Bonchev–Trinajstić information content (AvgIpc) is 2.79. The number of nitrogens with zero attached hydrogens (tertiary/aromatic N) is 1. The Morgan fingerprint density at radius 2 is 1.79 bits per heavy atom. The van der Waals surface area contributed by atoms with Crippen LogP contribution in [0.4, 0.5) is 4.39 Å². The summed E-state index contributed by atoms with van der Waals surface area (Å²) in [6.45, 7) is 0.131. The molecule has 4 rings (SSSR count). The van der Waals surface area contributed by atoms with Gasteiger partial charge in [-0.1, -0.05) is 53.5 Å². The molecule has 172 valence electrons. The average molecular weight is 508 g/mol. The molecule has 0 amide bonds. The number of hydrogen-bond donors (Lipinski definition) is 0. The molecule has 0 saturated heterocycles. The minimum Gasteiger partial charge on any atom is -0.461 e. The fourth-order valence-corrected chi connectivity index (χ4v) is 5.95. The molecule has 1 heterocycles. The first-order chi connectivity index (χ1) is 15.8. The lowest BCUT2D eigenvalue weighted by molar-refractivity contribution is -0.146. The van der Waals surface area contributed by atoms with Gasteiger partial charge in [0, 0.05) is 22.2 Å². The lowest BCUT2D eigenvalue weighted by atomic mass is 9.92. The topological polar surface area (TPSA) is 63.7 Å². The summed E-state index contributed by atoms with van der Waals surface area (Å²) in [6, 6.07) is 16.2. The molecule has 0 aromatic heterocycles. The van der Waals surface area contributed by atoms with Crippen LogP contribution >= 0.6 is 23.2 Å². The molecule has 3 aromatic rings. The van der Waals surface area contributed by atoms with Gasteiger partial charge in [-0.15, -0.1) is 0 Å². The van der Waals surface area contributed by atoms with Gasteiger partial charge in [0.1, 0.15) is 12.4 Å². The van der Waals surface area contributed by atoms with Crippen LogP contribution in [0.3, 0.4) is 0 Å². The third kappa shape index (κ3) is 5.22. The second-order valence-electron chi connectivity index (χ2n) is 7.63. The van der Waals surface area contributed by atoms with Crippen LogP contribution < -0.4 is 0 Å². The molecule has 0 spiro atoms. The van der Waals surface area contributed by atoms with Crippen molar-refractivity contribution in [1.29, 1.82) is 0 Å². The zero-order valence-electron chi connectivity index (χ0n) is 17.4. The van der Waals surface area contributed by atoms with E-state index in [2.05, 4.69) is 0 Å². The van der Waals surface area contributed by atoms with E-state index in [1.165, 1.54) is 16.4 Å². The maximum absolute atomic E-state index is 13.4. The minimum absolute atomic E-state index is 0.0328. The zero-order valence-corrected chi connectivity index (χ0v) is 19.7. The van der Waals surface area contributed by atoms with Crippen LogP contribution in [0.25, 0.3) is 0 Å². The van der Waals surface area contributed by atoms with Crippen LogP contribution in [0.15, 0.2) is 71.6 Å². The van der Waals surface area contributed by atoms with E-state index in [9.17, 15) is 17.6 Å². The van der Waals surface area contributed by atoms with Crippen LogP contribution in [0, 0.1) is 5.82 Å². The highest BCUT2D eigenvalue weighted by Gasteiger charge is 2.37. The van der Waals surface area contributed by atoms with Crippen LogP contribution in [-0.4, -0.2) is 25.2 Å². The van der Waals surface area contributed by atoms with Gasteiger partial charge >= 0.3 is 5.97 Å². The molecule has 33 heavy (non-hydrogen) atoms. The second kappa shape index (κ2) is 9.81. The van der Waals surface area contributed by atoms with Crippen molar-refractivity contribution in [2.75, 3.05) is 6.54 Å². The summed E-state index contributed by atoms with van der Waals surface area (Å²) in [6.07, 6.45) is 0.325. The lowest BCUT2D eigenvalue weighted by Gasteiger charge is -2.36. The van der Waals surface area contributed by atoms with Crippen LogP contribution in [0.2, 0.25) is 10.0 Å². The SMILES string of the molecule is O=C(CC1c2ccccc2CCN1S(=O)(=O)c1ccc(F)cc1)OCc1ccc(Cl)cc1Cl. The minimum atomic E-state index is -3.97. The van der Waals surface area contributed by atoms with Crippen molar-refractivity contribution in [3.8, 4) is 0 Å². The monoisotopic (exact) mass is 507 g/mol. The fourth-order valence-electron chi connectivity index (χ4n) is 3.88. The fraction of sp³-hybridized carbons (Fsp3) is 0.208. The Bertz CT molecular complexity index is 1280. The van der Waals surface area contributed by atoms with Gasteiger partial charge in [0.05, 0.1) is 17.4 Å². The molecule has 0 bridgehead atoms. The predicted octanol–water partition coefficient (Wildman–Crippen LogP) is 5.55. The molecule has 0 N–H and O–H groups in total. The highest BCUT2D eigenvalue weighted by atomic mass is 35.5. The maximum Gasteiger partial charge on any atom is 0.308 e. The number of fused-ring (bicyclic) bond motifs is 1. The van der Waals surface area contributed by atoms with Gasteiger partial charge in [-0.05, 0) is 53.9 Å². The molecular weight excluding hydrogens is 488 g/mol.